The molecule has 0 bridgehead atoms. The molecule has 144 valence electrons. The van der Waals surface area contributed by atoms with E-state index in [2.05, 4.69) is 10.3 Å². The first-order chi connectivity index (χ1) is 13.9. The van der Waals surface area contributed by atoms with Crippen LogP contribution in [-0.4, -0.2) is 15.8 Å². The van der Waals surface area contributed by atoms with Crippen LogP contribution < -0.4 is 5.32 Å². The van der Waals surface area contributed by atoms with Gasteiger partial charge in [-0.1, -0.05) is 17.7 Å². The quantitative estimate of drug-likeness (QED) is 0.350. The molecule has 1 aromatic heterocycles. The van der Waals surface area contributed by atoms with E-state index >= 15 is 0 Å². The number of nitro benzene ring substituents is 1. The van der Waals surface area contributed by atoms with E-state index in [0.29, 0.717) is 38.8 Å². The fraction of sp³-hybridized carbons (Fsp3) is 0.0476. The van der Waals surface area contributed by atoms with Gasteiger partial charge in [-0.2, -0.15) is 0 Å². The van der Waals surface area contributed by atoms with Crippen LogP contribution in [0.3, 0.4) is 0 Å². The Balaban J connectivity index is 1.62. The van der Waals surface area contributed by atoms with Crippen molar-refractivity contribution in [1.29, 1.82) is 0 Å². The van der Waals surface area contributed by atoms with Crippen LogP contribution in [-0.2, 0) is 0 Å². The van der Waals surface area contributed by atoms with Crippen molar-refractivity contribution in [3.05, 3.63) is 86.9 Å². The lowest BCUT2D eigenvalue weighted by atomic mass is 10.1. The van der Waals surface area contributed by atoms with Gasteiger partial charge in [0.05, 0.1) is 15.5 Å². The molecule has 0 atom stereocenters. The normalized spacial score (nSPS) is 10.8. The Hall–Kier alpha value is -3.71. The third-order valence-corrected chi connectivity index (χ3v) is 4.67. The van der Waals surface area contributed by atoms with Crippen molar-refractivity contribution in [2.75, 3.05) is 5.32 Å². The number of nitrogens with zero attached hydrogens (tertiary/aromatic N) is 2. The maximum Gasteiger partial charge on any atom is 0.269 e. The summed E-state index contributed by atoms with van der Waals surface area (Å²) in [6.07, 6.45) is 0. The monoisotopic (exact) mass is 407 g/mol. The van der Waals surface area contributed by atoms with E-state index in [0.717, 1.165) is 5.56 Å². The highest BCUT2D eigenvalue weighted by molar-refractivity contribution is 6.33. The van der Waals surface area contributed by atoms with Gasteiger partial charge in [-0.25, -0.2) is 4.98 Å². The number of non-ortho nitro benzene ring substituents is 1. The SMILES string of the molecule is Cc1ccc2nc(-c3cc(NC(=O)c4ccc([N+](=O)[O-])cc4)ccc3Cl)oc2c1. The zero-order chi connectivity index (χ0) is 20.5. The molecule has 29 heavy (non-hydrogen) atoms. The number of aromatic nitrogens is 1. The summed E-state index contributed by atoms with van der Waals surface area (Å²) in [6.45, 7) is 1.96. The third-order valence-electron chi connectivity index (χ3n) is 4.34. The Labute approximate surface area is 170 Å². The van der Waals surface area contributed by atoms with Crippen LogP contribution in [0.15, 0.2) is 65.1 Å². The van der Waals surface area contributed by atoms with Crippen molar-refractivity contribution in [3.63, 3.8) is 0 Å². The Morgan fingerprint density at radius 3 is 2.59 bits per heavy atom. The second-order valence-electron chi connectivity index (χ2n) is 6.44. The second-order valence-corrected chi connectivity index (χ2v) is 6.85. The van der Waals surface area contributed by atoms with Gasteiger partial charge in [-0.05, 0) is 55.0 Å². The Morgan fingerprint density at radius 1 is 1.10 bits per heavy atom. The molecule has 0 radical (unpaired) electrons. The molecule has 8 heteroatoms. The van der Waals surface area contributed by atoms with E-state index in [1.54, 1.807) is 18.2 Å². The van der Waals surface area contributed by atoms with E-state index in [-0.39, 0.29) is 5.69 Å². The molecule has 0 fully saturated rings. The lowest BCUT2D eigenvalue weighted by Gasteiger charge is -2.07. The number of carbonyl (C=O) groups excluding carboxylic acids is 1. The molecule has 0 saturated heterocycles. The predicted octanol–water partition coefficient (Wildman–Crippen LogP) is 5.62. The summed E-state index contributed by atoms with van der Waals surface area (Å²) in [5.41, 5.74) is 3.66. The number of hydrogen-bond donors (Lipinski definition) is 1. The number of fused-ring (bicyclic) bond motifs is 1. The fourth-order valence-corrected chi connectivity index (χ4v) is 3.05. The van der Waals surface area contributed by atoms with Crippen LogP contribution in [0.5, 0.6) is 0 Å². The third kappa shape index (κ3) is 3.81. The Bertz CT molecular complexity index is 1250. The maximum absolute atomic E-state index is 12.5. The smallest absolute Gasteiger partial charge is 0.269 e. The van der Waals surface area contributed by atoms with E-state index in [9.17, 15) is 14.9 Å². The van der Waals surface area contributed by atoms with Crippen LogP contribution >= 0.6 is 11.6 Å². The van der Waals surface area contributed by atoms with Crippen molar-refractivity contribution < 1.29 is 14.1 Å². The van der Waals surface area contributed by atoms with Crippen LogP contribution in [0, 0.1) is 17.0 Å². The van der Waals surface area contributed by atoms with Crippen LogP contribution in [0.2, 0.25) is 5.02 Å². The molecule has 1 heterocycles. The first kappa shape index (κ1) is 18.6. The van der Waals surface area contributed by atoms with Crippen molar-refractivity contribution in [1.82, 2.24) is 4.98 Å². The minimum absolute atomic E-state index is 0.0819. The summed E-state index contributed by atoms with van der Waals surface area (Å²) in [5, 5.41) is 13.9. The molecule has 3 aromatic carbocycles. The zero-order valence-corrected chi connectivity index (χ0v) is 15.9. The van der Waals surface area contributed by atoms with Gasteiger partial charge in [0.15, 0.2) is 5.58 Å². The van der Waals surface area contributed by atoms with Gasteiger partial charge >= 0.3 is 0 Å². The highest BCUT2D eigenvalue weighted by Crippen LogP contribution is 2.32. The number of aryl methyl sites for hydroxylation is 1. The molecule has 0 aliphatic rings. The van der Waals surface area contributed by atoms with Gasteiger partial charge in [0.25, 0.3) is 11.6 Å². The molecular weight excluding hydrogens is 394 g/mol. The topological polar surface area (TPSA) is 98.3 Å². The molecular formula is C21H14ClN3O4. The van der Waals surface area contributed by atoms with Gasteiger partial charge in [0.2, 0.25) is 5.89 Å². The minimum atomic E-state index is -0.519. The van der Waals surface area contributed by atoms with Gasteiger partial charge < -0.3 is 9.73 Å². The lowest BCUT2D eigenvalue weighted by molar-refractivity contribution is -0.384. The van der Waals surface area contributed by atoms with E-state index in [1.807, 2.05) is 25.1 Å². The average molecular weight is 408 g/mol. The van der Waals surface area contributed by atoms with Crippen molar-refractivity contribution in [2.45, 2.75) is 6.92 Å². The van der Waals surface area contributed by atoms with Gasteiger partial charge in [0.1, 0.15) is 5.52 Å². The number of benzene rings is 3. The fourth-order valence-electron chi connectivity index (χ4n) is 2.85. The Kier molecular flexibility index (Phi) is 4.74. The number of rotatable bonds is 4. The number of oxazole rings is 1. The van der Waals surface area contributed by atoms with Gasteiger partial charge in [0, 0.05) is 23.4 Å². The summed E-state index contributed by atoms with van der Waals surface area (Å²) in [5.74, 6) is -0.0524. The number of hydrogen-bond acceptors (Lipinski definition) is 5. The van der Waals surface area contributed by atoms with E-state index < -0.39 is 10.8 Å². The molecule has 4 rings (SSSR count). The molecule has 1 N–H and O–H groups in total. The first-order valence-corrected chi connectivity index (χ1v) is 9.01. The summed E-state index contributed by atoms with van der Waals surface area (Å²) in [7, 11) is 0. The minimum Gasteiger partial charge on any atom is -0.436 e. The number of halogens is 1. The second kappa shape index (κ2) is 7.37. The molecule has 0 spiro atoms. The number of nitro groups is 1. The highest BCUT2D eigenvalue weighted by Gasteiger charge is 2.15. The number of carbonyl (C=O) groups is 1. The summed E-state index contributed by atoms with van der Waals surface area (Å²) >= 11 is 6.31. The van der Waals surface area contributed by atoms with Gasteiger partial charge in [-0.3, -0.25) is 14.9 Å². The van der Waals surface area contributed by atoms with Crippen LogP contribution in [0.25, 0.3) is 22.6 Å². The van der Waals surface area contributed by atoms with E-state index in [1.165, 1.54) is 24.3 Å². The molecule has 0 aliphatic heterocycles. The lowest BCUT2D eigenvalue weighted by Crippen LogP contribution is -2.11. The van der Waals surface area contributed by atoms with Crippen molar-refractivity contribution in [2.24, 2.45) is 0 Å². The summed E-state index contributed by atoms with van der Waals surface area (Å²) in [4.78, 5) is 27.1. The molecule has 0 aliphatic carbocycles. The molecule has 1 amide bonds. The predicted molar refractivity (Wildman–Crippen MR) is 110 cm³/mol. The summed E-state index contributed by atoms with van der Waals surface area (Å²) < 4.78 is 5.82. The van der Waals surface area contributed by atoms with Crippen LogP contribution in [0.1, 0.15) is 15.9 Å². The molecule has 4 aromatic rings. The van der Waals surface area contributed by atoms with E-state index in [4.69, 9.17) is 16.0 Å². The number of anilines is 1. The zero-order valence-electron chi connectivity index (χ0n) is 15.2. The summed E-state index contributed by atoms with van der Waals surface area (Å²) in [6, 6.07) is 16.0. The largest absolute Gasteiger partial charge is 0.436 e. The molecule has 0 saturated carbocycles. The van der Waals surface area contributed by atoms with Crippen molar-refractivity contribution >= 4 is 40.0 Å². The number of nitrogens with one attached hydrogen (secondary N) is 1. The first-order valence-electron chi connectivity index (χ1n) is 8.63. The standard InChI is InChI=1S/C21H14ClN3O4/c1-12-2-9-18-19(10-12)29-21(24-18)16-11-14(5-8-17(16)22)23-20(26)13-3-6-15(7-4-13)25(27)28/h2-11H,1H3,(H,23,26). The van der Waals surface area contributed by atoms with Crippen molar-refractivity contribution in [3.8, 4) is 11.5 Å². The highest BCUT2D eigenvalue weighted by atomic mass is 35.5. The van der Waals surface area contributed by atoms with Crippen LogP contribution in [0.4, 0.5) is 11.4 Å². The van der Waals surface area contributed by atoms with Gasteiger partial charge in [-0.15, -0.1) is 0 Å². The average Bonchev–Trinajstić information content (AvgIpc) is 3.12. The molecule has 0 unspecified atom stereocenters. The molecule has 7 nitrogen and oxygen atoms in total. The Morgan fingerprint density at radius 2 is 1.86 bits per heavy atom. The number of amides is 1. The maximum atomic E-state index is 12.5.